The van der Waals surface area contributed by atoms with Crippen LogP contribution in [0.4, 0.5) is 0 Å². The number of ether oxygens (including phenoxy) is 1. The van der Waals surface area contributed by atoms with E-state index in [1.165, 1.54) is 0 Å². The zero-order valence-electron chi connectivity index (χ0n) is 17.1. The Balaban J connectivity index is 0.00000392. The van der Waals surface area contributed by atoms with Crippen LogP contribution < -0.4 is 5.32 Å². The summed E-state index contributed by atoms with van der Waals surface area (Å²) in [5.41, 5.74) is 1.92. The van der Waals surface area contributed by atoms with Crippen molar-refractivity contribution in [1.82, 2.24) is 19.5 Å². The van der Waals surface area contributed by atoms with Gasteiger partial charge in [0.1, 0.15) is 0 Å². The van der Waals surface area contributed by atoms with Gasteiger partial charge < -0.3 is 15.0 Å². The highest BCUT2D eigenvalue weighted by Gasteiger charge is 2.28. The molecule has 0 radical (unpaired) electrons. The summed E-state index contributed by atoms with van der Waals surface area (Å²) in [7, 11) is -1.55. The van der Waals surface area contributed by atoms with E-state index in [4.69, 9.17) is 4.74 Å². The molecule has 1 aromatic heterocycles. The highest BCUT2D eigenvalue weighted by atomic mass is 127. The van der Waals surface area contributed by atoms with E-state index >= 15 is 0 Å². The van der Waals surface area contributed by atoms with Crippen molar-refractivity contribution in [2.45, 2.75) is 33.4 Å². The Labute approximate surface area is 185 Å². The van der Waals surface area contributed by atoms with Crippen molar-refractivity contribution in [3.05, 3.63) is 29.6 Å². The van der Waals surface area contributed by atoms with Gasteiger partial charge in [0.05, 0.1) is 30.7 Å². The molecule has 0 saturated carbocycles. The minimum atomic E-state index is -3.28. The van der Waals surface area contributed by atoms with Gasteiger partial charge in [0.15, 0.2) is 5.96 Å². The minimum Gasteiger partial charge on any atom is -0.378 e. The molecule has 1 aliphatic rings. The molecular weight excluding hydrogens is 493 g/mol. The lowest BCUT2D eigenvalue weighted by molar-refractivity contribution is 0.0904. The van der Waals surface area contributed by atoms with E-state index < -0.39 is 10.0 Å². The standard InChI is InChI=1S/C18H31N5O3S.HI/c1-15(2)26-12-13-27(24,25)23-10-8-22(9-11-23)18(19-4)20-14-17-7-5-6-16(3)21-17;/h5-7,15H,8-14H2,1-4H3,(H,19,20);1H. The first-order chi connectivity index (χ1) is 12.8. The van der Waals surface area contributed by atoms with Crippen molar-refractivity contribution in [2.24, 2.45) is 4.99 Å². The SMILES string of the molecule is CN=C(NCc1cccc(C)n1)N1CCN(S(=O)(=O)CCOC(C)C)CC1.I. The van der Waals surface area contributed by atoms with Gasteiger partial charge in [0.25, 0.3) is 0 Å². The first-order valence-electron chi connectivity index (χ1n) is 9.29. The van der Waals surface area contributed by atoms with Gasteiger partial charge in [-0.2, -0.15) is 4.31 Å². The maximum atomic E-state index is 12.4. The Morgan fingerprint density at radius 3 is 2.54 bits per heavy atom. The number of rotatable bonds is 7. The second-order valence-electron chi connectivity index (χ2n) is 6.79. The molecule has 0 bridgehead atoms. The van der Waals surface area contributed by atoms with Crippen molar-refractivity contribution < 1.29 is 13.2 Å². The van der Waals surface area contributed by atoms with Gasteiger partial charge in [-0.25, -0.2) is 8.42 Å². The molecule has 0 aromatic carbocycles. The monoisotopic (exact) mass is 525 g/mol. The molecule has 0 aliphatic carbocycles. The molecule has 1 saturated heterocycles. The summed E-state index contributed by atoms with van der Waals surface area (Å²) in [6.07, 6.45) is 0.0364. The lowest BCUT2D eigenvalue weighted by atomic mass is 10.3. The number of sulfonamides is 1. The Kier molecular flexibility index (Phi) is 10.6. The normalized spacial score (nSPS) is 16.2. The number of guanidine groups is 1. The van der Waals surface area contributed by atoms with Crippen LogP contribution in [-0.2, 0) is 21.3 Å². The average Bonchev–Trinajstić information content (AvgIpc) is 2.62. The van der Waals surface area contributed by atoms with Gasteiger partial charge in [-0.1, -0.05) is 6.07 Å². The molecule has 2 rings (SSSR count). The predicted molar refractivity (Wildman–Crippen MR) is 123 cm³/mol. The zero-order chi connectivity index (χ0) is 19.9. The van der Waals surface area contributed by atoms with E-state index in [0.29, 0.717) is 32.7 Å². The number of piperazine rings is 1. The number of aryl methyl sites for hydroxylation is 1. The van der Waals surface area contributed by atoms with Crippen LogP contribution in [0, 0.1) is 6.92 Å². The van der Waals surface area contributed by atoms with Crippen molar-refractivity contribution in [3.8, 4) is 0 Å². The van der Waals surface area contributed by atoms with Crippen LogP contribution in [-0.4, -0.2) is 80.3 Å². The third kappa shape index (κ3) is 7.80. The number of halogens is 1. The summed E-state index contributed by atoms with van der Waals surface area (Å²) in [6.45, 7) is 8.68. The van der Waals surface area contributed by atoms with E-state index in [-0.39, 0.29) is 42.4 Å². The van der Waals surface area contributed by atoms with Crippen molar-refractivity contribution >= 4 is 40.0 Å². The molecule has 1 N–H and O–H groups in total. The topological polar surface area (TPSA) is 87.1 Å². The Bertz CT molecular complexity index is 734. The fourth-order valence-electron chi connectivity index (χ4n) is 2.90. The summed E-state index contributed by atoms with van der Waals surface area (Å²) in [5, 5.41) is 3.31. The molecule has 1 aliphatic heterocycles. The minimum absolute atomic E-state index is 0. The van der Waals surface area contributed by atoms with E-state index in [1.807, 2.05) is 39.0 Å². The largest absolute Gasteiger partial charge is 0.378 e. The fraction of sp³-hybridized carbons (Fsp3) is 0.667. The van der Waals surface area contributed by atoms with Gasteiger partial charge >= 0.3 is 0 Å². The molecule has 1 fully saturated rings. The molecule has 0 unspecified atom stereocenters. The van der Waals surface area contributed by atoms with Crippen molar-refractivity contribution in [2.75, 3.05) is 45.6 Å². The number of nitrogens with one attached hydrogen (secondary N) is 1. The lowest BCUT2D eigenvalue weighted by Crippen LogP contribution is -2.54. The third-order valence-electron chi connectivity index (χ3n) is 4.31. The van der Waals surface area contributed by atoms with Crippen LogP contribution >= 0.6 is 24.0 Å². The second-order valence-corrected chi connectivity index (χ2v) is 8.88. The maximum Gasteiger partial charge on any atom is 0.216 e. The van der Waals surface area contributed by atoms with Crippen LogP contribution in [0.1, 0.15) is 25.2 Å². The maximum absolute atomic E-state index is 12.4. The van der Waals surface area contributed by atoms with Crippen molar-refractivity contribution in [3.63, 3.8) is 0 Å². The highest BCUT2D eigenvalue weighted by Crippen LogP contribution is 2.09. The molecule has 0 amide bonds. The summed E-state index contributed by atoms with van der Waals surface area (Å²) >= 11 is 0. The van der Waals surface area contributed by atoms with Gasteiger partial charge in [0.2, 0.25) is 10.0 Å². The number of hydrogen-bond donors (Lipinski definition) is 1. The van der Waals surface area contributed by atoms with Crippen LogP contribution in [0.5, 0.6) is 0 Å². The van der Waals surface area contributed by atoms with E-state index in [1.54, 1.807) is 11.4 Å². The van der Waals surface area contributed by atoms with E-state index in [9.17, 15) is 8.42 Å². The number of aromatic nitrogens is 1. The van der Waals surface area contributed by atoms with Gasteiger partial charge in [-0.15, -0.1) is 24.0 Å². The Hall–Kier alpha value is -0.980. The quantitative estimate of drug-likeness (QED) is 0.330. The number of pyridine rings is 1. The first-order valence-corrected chi connectivity index (χ1v) is 10.9. The molecule has 0 spiro atoms. The van der Waals surface area contributed by atoms with Crippen LogP contribution in [0.15, 0.2) is 23.2 Å². The first kappa shape index (κ1) is 25.1. The summed E-state index contributed by atoms with van der Waals surface area (Å²) in [4.78, 5) is 10.9. The summed E-state index contributed by atoms with van der Waals surface area (Å²) in [5.74, 6) is 0.787. The summed E-state index contributed by atoms with van der Waals surface area (Å²) in [6, 6.07) is 5.91. The molecule has 160 valence electrons. The fourth-order valence-corrected chi connectivity index (χ4v) is 4.18. The molecule has 2 heterocycles. The summed E-state index contributed by atoms with van der Waals surface area (Å²) < 4.78 is 31.8. The van der Waals surface area contributed by atoms with Crippen LogP contribution in [0.3, 0.4) is 0 Å². The molecular formula is C18H32IN5O3S. The third-order valence-corrected chi connectivity index (χ3v) is 6.14. The molecule has 1 aromatic rings. The molecule has 8 nitrogen and oxygen atoms in total. The van der Waals surface area contributed by atoms with Crippen molar-refractivity contribution in [1.29, 1.82) is 0 Å². The van der Waals surface area contributed by atoms with Gasteiger partial charge in [-0.3, -0.25) is 9.98 Å². The zero-order valence-corrected chi connectivity index (χ0v) is 20.2. The molecule has 10 heteroatoms. The van der Waals surface area contributed by atoms with E-state index in [2.05, 4.69) is 20.2 Å². The highest BCUT2D eigenvalue weighted by molar-refractivity contribution is 14.0. The number of nitrogens with zero attached hydrogens (tertiary/aromatic N) is 4. The van der Waals surface area contributed by atoms with E-state index in [0.717, 1.165) is 17.3 Å². The average molecular weight is 525 g/mol. The number of hydrogen-bond acceptors (Lipinski definition) is 5. The van der Waals surface area contributed by atoms with Gasteiger partial charge in [0, 0.05) is 38.9 Å². The molecule has 0 atom stereocenters. The van der Waals surface area contributed by atoms with Crippen LogP contribution in [0.2, 0.25) is 0 Å². The van der Waals surface area contributed by atoms with Gasteiger partial charge in [-0.05, 0) is 32.9 Å². The predicted octanol–water partition coefficient (Wildman–Crippen LogP) is 1.46. The Morgan fingerprint density at radius 2 is 1.96 bits per heavy atom. The number of aliphatic imine (C=N–C) groups is 1. The Morgan fingerprint density at radius 1 is 1.29 bits per heavy atom. The smallest absolute Gasteiger partial charge is 0.216 e. The van der Waals surface area contributed by atoms with Crippen LogP contribution in [0.25, 0.3) is 0 Å². The lowest BCUT2D eigenvalue weighted by Gasteiger charge is -2.35. The second kappa shape index (κ2) is 11.9. The molecule has 28 heavy (non-hydrogen) atoms.